The van der Waals surface area contributed by atoms with Crippen molar-refractivity contribution in [1.82, 2.24) is 10.3 Å². The zero-order valence-corrected chi connectivity index (χ0v) is 11.0. The fraction of sp³-hybridized carbons (Fsp3) is 0.333. The Balaban J connectivity index is 2.59. The third-order valence-corrected chi connectivity index (χ3v) is 2.22. The van der Waals surface area contributed by atoms with Gasteiger partial charge < -0.3 is 15.0 Å². The molecule has 0 bridgehead atoms. The maximum absolute atomic E-state index is 11.7. The molecule has 0 unspecified atom stereocenters. The van der Waals surface area contributed by atoms with Crippen LogP contribution in [0.15, 0.2) is 29.2 Å². The molecule has 0 aromatic carbocycles. The van der Waals surface area contributed by atoms with Gasteiger partial charge in [0.2, 0.25) is 0 Å². The quantitative estimate of drug-likeness (QED) is 0.329. The summed E-state index contributed by atoms with van der Waals surface area (Å²) in [5.74, 6) is -0.686. The molecule has 0 spiro atoms. The number of carbonyl (C=O) groups excluding carboxylic acids is 1. The lowest BCUT2D eigenvalue weighted by Gasteiger charge is -2.05. The van der Waals surface area contributed by atoms with E-state index in [2.05, 4.69) is 16.9 Å². The van der Waals surface area contributed by atoms with Gasteiger partial charge in [0.25, 0.3) is 17.2 Å². The minimum Gasteiger partial charge on any atom is -0.375 e. The molecule has 1 heterocycles. The minimum atomic E-state index is -0.692. The molecular formula is C12H15N3O5. The van der Waals surface area contributed by atoms with Crippen molar-refractivity contribution in [1.29, 1.82) is 0 Å². The Morgan fingerprint density at radius 2 is 2.30 bits per heavy atom. The van der Waals surface area contributed by atoms with E-state index in [1.165, 1.54) is 0 Å². The number of ether oxygens (including phenoxy) is 1. The molecule has 20 heavy (non-hydrogen) atoms. The van der Waals surface area contributed by atoms with Gasteiger partial charge in [-0.2, -0.15) is 0 Å². The summed E-state index contributed by atoms with van der Waals surface area (Å²) in [5, 5.41) is 13.0. The van der Waals surface area contributed by atoms with E-state index in [-0.39, 0.29) is 24.4 Å². The van der Waals surface area contributed by atoms with Crippen molar-refractivity contribution in [3.63, 3.8) is 0 Å². The molecule has 1 amide bonds. The van der Waals surface area contributed by atoms with Crippen LogP contribution in [-0.2, 0) is 4.74 Å². The number of hydrogen-bond donors (Lipinski definition) is 2. The Hall–Kier alpha value is -2.48. The van der Waals surface area contributed by atoms with Gasteiger partial charge in [-0.15, -0.1) is 0 Å². The molecule has 0 aliphatic rings. The van der Waals surface area contributed by atoms with Crippen LogP contribution < -0.4 is 10.9 Å². The topological polar surface area (TPSA) is 114 Å². The van der Waals surface area contributed by atoms with Crippen LogP contribution in [0.4, 0.5) is 5.69 Å². The summed E-state index contributed by atoms with van der Waals surface area (Å²) in [4.78, 5) is 35.2. The van der Waals surface area contributed by atoms with Gasteiger partial charge in [-0.05, 0) is 6.92 Å². The first-order valence-corrected chi connectivity index (χ1v) is 5.79. The molecule has 1 rings (SSSR count). The van der Waals surface area contributed by atoms with Crippen LogP contribution in [-0.4, -0.2) is 35.6 Å². The maximum Gasteiger partial charge on any atom is 0.286 e. The van der Waals surface area contributed by atoms with E-state index in [4.69, 9.17) is 4.74 Å². The number of nitrogens with zero attached hydrogens (tertiary/aromatic N) is 1. The summed E-state index contributed by atoms with van der Waals surface area (Å²) in [6.07, 6.45) is 0.940. The SMILES string of the molecule is C=C(C)COCCNC(=O)c1cc([N+](=O)[O-])c[nH]c1=O. The van der Waals surface area contributed by atoms with Crippen LogP contribution in [0.3, 0.4) is 0 Å². The number of carbonyl (C=O) groups is 1. The van der Waals surface area contributed by atoms with E-state index in [1.54, 1.807) is 6.92 Å². The van der Waals surface area contributed by atoms with E-state index in [9.17, 15) is 19.7 Å². The van der Waals surface area contributed by atoms with E-state index in [0.29, 0.717) is 6.61 Å². The molecule has 0 radical (unpaired) electrons. The highest BCUT2D eigenvalue weighted by molar-refractivity contribution is 5.94. The van der Waals surface area contributed by atoms with Gasteiger partial charge in [0.15, 0.2) is 0 Å². The van der Waals surface area contributed by atoms with Gasteiger partial charge in [0, 0.05) is 12.6 Å². The second-order valence-electron chi connectivity index (χ2n) is 4.12. The first kappa shape index (κ1) is 15.6. The number of nitro groups is 1. The summed E-state index contributed by atoms with van der Waals surface area (Å²) >= 11 is 0. The van der Waals surface area contributed by atoms with Crippen LogP contribution in [0.2, 0.25) is 0 Å². The Bertz CT molecular complexity index is 579. The lowest BCUT2D eigenvalue weighted by atomic mass is 10.2. The highest BCUT2D eigenvalue weighted by Gasteiger charge is 2.15. The number of amides is 1. The Labute approximate surface area is 114 Å². The van der Waals surface area contributed by atoms with Crippen molar-refractivity contribution in [3.05, 3.63) is 50.4 Å². The number of nitrogens with one attached hydrogen (secondary N) is 2. The number of rotatable bonds is 7. The van der Waals surface area contributed by atoms with Crippen LogP contribution in [0.1, 0.15) is 17.3 Å². The van der Waals surface area contributed by atoms with E-state index < -0.39 is 16.4 Å². The highest BCUT2D eigenvalue weighted by atomic mass is 16.6. The summed E-state index contributed by atoms with van der Waals surface area (Å²) in [6.45, 7) is 6.28. The van der Waals surface area contributed by atoms with Crippen molar-refractivity contribution >= 4 is 11.6 Å². The van der Waals surface area contributed by atoms with Gasteiger partial charge >= 0.3 is 0 Å². The number of pyridine rings is 1. The first-order valence-electron chi connectivity index (χ1n) is 5.79. The fourth-order valence-electron chi connectivity index (χ4n) is 1.32. The average Bonchev–Trinajstić information content (AvgIpc) is 2.37. The predicted molar refractivity (Wildman–Crippen MR) is 71.7 cm³/mol. The largest absolute Gasteiger partial charge is 0.375 e. The molecular weight excluding hydrogens is 266 g/mol. The summed E-state index contributed by atoms with van der Waals surface area (Å²) in [5.41, 5.74) is -0.491. The molecule has 0 saturated heterocycles. The second kappa shape index (κ2) is 7.19. The van der Waals surface area contributed by atoms with Gasteiger partial charge in [-0.1, -0.05) is 12.2 Å². The van der Waals surface area contributed by atoms with Gasteiger partial charge in [0.1, 0.15) is 5.56 Å². The normalized spacial score (nSPS) is 10.1. The van der Waals surface area contributed by atoms with Crippen LogP contribution >= 0.6 is 0 Å². The van der Waals surface area contributed by atoms with Crippen molar-refractivity contribution < 1.29 is 14.5 Å². The van der Waals surface area contributed by atoms with Gasteiger partial charge in [-0.3, -0.25) is 19.7 Å². The third-order valence-electron chi connectivity index (χ3n) is 2.22. The second-order valence-corrected chi connectivity index (χ2v) is 4.12. The Kier molecular flexibility index (Phi) is 5.60. The van der Waals surface area contributed by atoms with Crippen molar-refractivity contribution in [2.75, 3.05) is 19.8 Å². The molecule has 8 heteroatoms. The molecule has 1 aromatic rings. The summed E-state index contributed by atoms with van der Waals surface area (Å²) < 4.78 is 5.17. The number of hydrogen-bond acceptors (Lipinski definition) is 5. The van der Waals surface area contributed by atoms with Crippen molar-refractivity contribution in [2.24, 2.45) is 0 Å². The number of aromatic nitrogens is 1. The van der Waals surface area contributed by atoms with Gasteiger partial charge in [-0.25, -0.2) is 0 Å². The Morgan fingerprint density at radius 3 is 2.90 bits per heavy atom. The third kappa shape index (κ3) is 4.65. The average molecular weight is 281 g/mol. The molecule has 8 nitrogen and oxygen atoms in total. The smallest absolute Gasteiger partial charge is 0.286 e. The van der Waals surface area contributed by atoms with Crippen LogP contribution in [0, 0.1) is 10.1 Å². The van der Waals surface area contributed by atoms with E-state index in [1.807, 2.05) is 0 Å². The molecule has 2 N–H and O–H groups in total. The van der Waals surface area contributed by atoms with Gasteiger partial charge in [0.05, 0.1) is 24.3 Å². The number of aromatic amines is 1. The zero-order valence-electron chi connectivity index (χ0n) is 11.0. The lowest BCUT2D eigenvalue weighted by molar-refractivity contribution is -0.385. The fourth-order valence-corrected chi connectivity index (χ4v) is 1.32. The van der Waals surface area contributed by atoms with Crippen molar-refractivity contribution in [2.45, 2.75) is 6.92 Å². The molecule has 0 atom stereocenters. The molecule has 0 fully saturated rings. The molecule has 0 saturated carbocycles. The van der Waals surface area contributed by atoms with E-state index >= 15 is 0 Å². The minimum absolute atomic E-state index is 0.189. The molecule has 1 aromatic heterocycles. The van der Waals surface area contributed by atoms with Crippen molar-refractivity contribution in [3.8, 4) is 0 Å². The lowest BCUT2D eigenvalue weighted by Crippen LogP contribution is -2.32. The predicted octanol–water partition coefficient (Wildman–Crippen LogP) is 0.606. The van der Waals surface area contributed by atoms with Crippen LogP contribution in [0.5, 0.6) is 0 Å². The first-order chi connectivity index (χ1) is 9.41. The molecule has 0 aliphatic carbocycles. The van der Waals surface area contributed by atoms with Crippen LogP contribution in [0.25, 0.3) is 0 Å². The molecule has 108 valence electrons. The summed E-state index contributed by atoms with van der Waals surface area (Å²) in [7, 11) is 0. The highest BCUT2D eigenvalue weighted by Crippen LogP contribution is 2.07. The monoisotopic (exact) mass is 281 g/mol. The number of H-pyrrole nitrogens is 1. The standard InChI is InChI=1S/C12H15N3O5/c1-8(2)7-20-4-3-13-11(16)10-5-9(15(18)19)6-14-12(10)17/h5-6H,1,3-4,7H2,2H3,(H,13,16)(H,14,17). The summed E-state index contributed by atoms with van der Waals surface area (Å²) in [6, 6.07) is 0.933. The Morgan fingerprint density at radius 1 is 1.60 bits per heavy atom. The zero-order chi connectivity index (χ0) is 15.1. The molecule has 0 aliphatic heterocycles. The van der Waals surface area contributed by atoms with E-state index in [0.717, 1.165) is 17.8 Å². The maximum atomic E-state index is 11.7.